The smallest absolute Gasteiger partial charge is 0.00323 e. The van der Waals surface area contributed by atoms with Crippen LogP contribution in [0.2, 0.25) is 0 Å². The van der Waals surface area contributed by atoms with E-state index in [1.165, 1.54) is 32.4 Å². The topological polar surface area (TPSA) is 12.0 Å². The van der Waals surface area contributed by atoms with Gasteiger partial charge in [0.15, 0.2) is 0 Å². The third-order valence-electron chi connectivity index (χ3n) is 4.73. The number of hydrogen-bond donors (Lipinski definition) is 1. The van der Waals surface area contributed by atoms with Gasteiger partial charge in [0.25, 0.3) is 0 Å². The third-order valence-corrected chi connectivity index (χ3v) is 4.73. The Morgan fingerprint density at radius 3 is 3.00 bits per heavy atom. The monoisotopic (exact) mass is 251 g/mol. The van der Waals surface area contributed by atoms with Crippen molar-refractivity contribution in [1.82, 2.24) is 5.32 Å². The Morgan fingerprint density at radius 2 is 2.24 bits per heavy atom. The van der Waals surface area contributed by atoms with Crippen molar-refractivity contribution in [3.05, 3.63) is 34.9 Å². The number of rotatable bonds is 1. The predicted octanol–water partition coefficient (Wildman–Crippen LogP) is 3.31. The van der Waals surface area contributed by atoms with Gasteiger partial charge in [0.2, 0.25) is 0 Å². The van der Waals surface area contributed by atoms with Gasteiger partial charge in [0, 0.05) is 19.0 Å². The lowest BCUT2D eigenvalue weighted by atomic mass is 9.66. The van der Waals surface area contributed by atoms with E-state index in [-0.39, 0.29) is 12.4 Å². The maximum atomic E-state index is 3.58. The van der Waals surface area contributed by atoms with Crippen LogP contribution in [0.15, 0.2) is 18.2 Å². The molecule has 0 aromatic heterocycles. The third kappa shape index (κ3) is 1.90. The minimum Gasteiger partial charge on any atom is -0.316 e. The lowest BCUT2D eigenvalue weighted by molar-refractivity contribution is 0.277. The van der Waals surface area contributed by atoms with Gasteiger partial charge in [-0.05, 0) is 41.4 Å². The molecule has 0 bridgehead atoms. The highest BCUT2D eigenvalue weighted by Crippen LogP contribution is 2.48. The van der Waals surface area contributed by atoms with Crippen LogP contribution in [-0.4, -0.2) is 13.1 Å². The van der Waals surface area contributed by atoms with Gasteiger partial charge >= 0.3 is 0 Å². The molecule has 0 unspecified atom stereocenters. The highest BCUT2D eigenvalue weighted by molar-refractivity contribution is 5.85. The van der Waals surface area contributed by atoms with Crippen molar-refractivity contribution in [1.29, 1.82) is 0 Å². The summed E-state index contributed by atoms with van der Waals surface area (Å²) in [6.07, 6.45) is 3.82. The van der Waals surface area contributed by atoms with E-state index in [1.807, 2.05) is 0 Å². The molecule has 1 aromatic carbocycles. The molecule has 1 aliphatic heterocycles. The quantitative estimate of drug-likeness (QED) is 0.808. The Labute approximate surface area is 110 Å². The van der Waals surface area contributed by atoms with Crippen molar-refractivity contribution in [3.63, 3.8) is 0 Å². The predicted molar refractivity (Wildman–Crippen MR) is 75.1 cm³/mol. The van der Waals surface area contributed by atoms with E-state index in [2.05, 4.69) is 37.4 Å². The van der Waals surface area contributed by atoms with Gasteiger partial charge in [-0.2, -0.15) is 0 Å². The Balaban J connectivity index is 0.00000108. The molecule has 0 amide bonds. The fraction of sp³-hybridized carbons (Fsp3) is 0.600. The van der Waals surface area contributed by atoms with E-state index in [0.29, 0.717) is 5.41 Å². The first kappa shape index (κ1) is 12.9. The maximum absolute atomic E-state index is 3.58. The first-order chi connectivity index (χ1) is 7.74. The summed E-state index contributed by atoms with van der Waals surface area (Å²) >= 11 is 0. The Bertz CT molecular complexity index is 415. The zero-order valence-electron chi connectivity index (χ0n) is 10.8. The molecule has 2 aliphatic rings. The van der Waals surface area contributed by atoms with Crippen LogP contribution < -0.4 is 5.32 Å². The van der Waals surface area contributed by atoms with Crippen LogP contribution in [0, 0.1) is 5.41 Å². The van der Waals surface area contributed by atoms with Crippen LogP contribution in [0.4, 0.5) is 0 Å². The van der Waals surface area contributed by atoms with Crippen molar-refractivity contribution in [3.8, 4) is 0 Å². The van der Waals surface area contributed by atoms with E-state index in [0.717, 1.165) is 5.92 Å². The Kier molecular flexibility index (Phi) is 3.51. The molecule has 1 saturated heterocycles. The molecule has 1 aliphatic carbocycles. The molecule has 1 heterocycles. The van der Waals surface area contributed by atoms with Crippen LogP contribution in [0.5, 0.6) is 0 Å². The summed E-state index contributed by atoms with van der Waals surface area (Å²) in [5, 5.41) is 3.58. The highest BCUT2D eigenvalue weighted by Gasteiger charge is 2.43. The van der Waals surface area contributed by atoms with Gasteiger partial charge in [-0.25, -0.2) is 0 Å². The zero-order valence-corrected chi connectivity index (χ0v) is 11.6. The molecule has 3 rings (SSSR count). The van der Waals surface area contributed by atoms with E-state index in [1.54, 1.807) is 16.7 Å². The van der Waals surface area contributed by atoms with Crippen molar-refractivity contribution in [2.75, 3.05) is 13.1 Å². The number of nitrogens with one attached hydrogen (secondary N) is 1. The number of halogens is 1. The molecule has 1 fully saturated rings. The second-order valence-electron chi connectivity index (χ2n) is 5.68. The maximum Gasteiger partial charge on any atom is 0.00323 e. The molecular weight excluding hydrogens is 230 g/mol. The van der Waals surface area contributed by atoms with Crippen LogP contribution >= 0.6 is 12.4 Å². The molecule has 1 aromatic rings. The molecular formula is C15H22ClN. The number of benzene rings is 1. The van der Waals surface area contributed by atoms with Gasteiger partial charge in [0.05, 0.1) is 0 Å². The average Bonchev–Trinajstić information content (AvgIpc) is 2.70. The van der Waals surface area contributed by atoms with Crippen molar-refractivity contribution in [2.24, 2.45) is 5.41 Å². The second-order valence-corrected chi connectivity index (χ2v) is 5.68. The number of aryl methyl sites for hydroxylation is 1. The van der Waals surface area contributed by atoms with Crippen LogP contribution in [0.3, 0.4) is 0 Å². The summed E-state index contributed by atoms with van der Waals surface area (Å²) in [4.78, 5) is 0. The molecule has 2 atom stereocenters. The summed E-state index contributed by atoms with van der Waals surface area (Å²) in [6, 6.07) is 6.93. The zero-order chi connectivity index (χ0) is 11.2. The molecule has 1 nitrogen and oxygen atoms in total. The fourth-order valence-corrected chi connectivity index (χ4v) is 3.65. The molecule has 94 valence electrons. The Hall–Kier alpha value is -0.530. The van der Waals surface area contributed by atoms with Gasteiger partial charge in [0.1, 0.15) is 0 Å². The van der Waals surface area contributed by atoms with Crippen molar-refractivity contribution in [2.45, 2.75) is 39.0 Å². The van der Waals surface area contributed by atoms with Gasteiger partial charge in [-0.3, -0.25) is 0 Å². The molecule has 0 radical (unpaired) electrons. The van der Waals surface area contributed by atoms with Crippen LogP contribution in [0.1, 0.15) is 42.9 Å². The lowest BCUT2D eigenvalue weighted by Gasteiger charge is -2.37. The molecule has 17 heavy (non-hydrogen) atoms. The minimum absolute atomic E-state index is 0. The number of hydrogen-bond acceptors (Lipinski definition) is 1. The summed E-state index contributed by atoms with van der Waals surface area (Å²) < 4.78 is 0. The molecule has 1 N–H and O–H groups in total. The van der Waals surface area contributed by atoms with Crippen molar-refractivity contribution >= 4 is 12.4 Å². The Morgan fingerprint density at radius 1 is 1.41 bits per heavy atom. The fourth-order valence-electron chi connectivity index (χ4n) is 3.65. The van der Waals surface area contributed by atoms with Gasteiger partial charge in [-0.15, -0.1) is 12.4 Å². The summed E-state index contributed by atoms with van der Waals surface area (Å²) in [5.74, 6) is 0.753. The van der Waals surface area contributed by atoms with Crippen LogP contribution in [0.25, 0.3) is 0 Å². The second kappa shape index (κ2) is 4.62. The minimum atomic E-state index is 0. The lowest BCUT2D eigenvalue weighted by Crippen LogP contribution is -2.30. The first-order valence-electron chi connectivity index (χ1n) is 6.56. The normalized spacial score (nSPS) is 30.4. The van der Waals surface area contributed by atoms with Gasteiger partial charge < -0.3 is 5.32 Å². The first-order valence-corrected chi connectivity index (χ1v) is 6.56. The van der Waals surface area contributed by atoms with E-state index in [4.69, 9.17) is 0 Å². The van der Waals surface area contributed by atoms with E-state index in [9.17, 15) is 0 Å². The van der Waals surface area contributed by atoms with Gasteiger partial charge in [-0.1, -0.05) is 32.0 Å². The SMILES string of the molecule is CCc1cccc2c1CC[C@@]1(C)CNC[C@@H]21.Cl. The summed E-state index contributed by atoms with van der Waals surface area (Å²) in [7, 11) is 0. The largest absolute Gasteiger partial charge is 0.316 e. The molecule has 0 spiro atoms. The number of fused-ring (bicyclic) bond motifs is 3. The van der Waals surface area contributed by atoms with E-state index >= 15 is 0 Å². The standard InChI is InChI=1S/C15H21N.ClH/c1-3-11-5-4-6-13-12(11)7-8-15(2)10-16-9-14(13)15;/h4-6,14,16H,3,7-10H2,1-2H3;1H/t14-,15-;/m0./s1. The van der Waals surface area contributed by atoms with Crippen molar-refractivity contribution < 1.29 is 0 Å². The van der Waals surface area contributed by atoms with Crippen LogP contribution in [-0.2, 0) is 12.8 Å². The summed E-state index contributed by atoms with van der Waals surface area (Å²) in [6.45, 7) is 7.11. The summed E-state index contributed by atoms with van der Waals surface area (Å²) in [5.41, 5.74) is 5.39. The average molecular weight is 252 g/mol. The molecule has 0 saturated carbocycles. The van der Waals surface area contributed by atoms with E-state index < -0.39 is 0 Å². The molecule has 2 heteroatoms. The highest BCUT2D eigenvalue weighted by atomic mass is 35.5.